The standard InChI is InChI=1S/C20H17NO/c1-2-6-14-13(5-1)10-11-17-19(14)15-7-3-8-16(15)20(21-17)18-9-4-12-22-18/h1-2,4-6,9-14H,3,7-8H2. The van der Waals surface area contributed by atoms with E-state index in [0.717, 1.165) is 23.6 Å². The molecule has 2 heteroatoms. The van der Waals surface area contributed by atoms with Gasteiger partial charge in [0.2, 0.25) is 0 Å². The number of rotatable bonds is 1. The Hall–Kier alpha value is -2.35. The predicted octanol–water partition coefficient (Wildman–Crippen LogP) is 4.68. The molecule has 0 aliphatic heterocycles. The van der Waals surface area contributed by atoms with Crippen LogP contribution in [0.4, 0.5) is 0 Å². The van der Waals surface area contributed by atoms with Gasteiger partial charge in [0.1, 0.15) is 5.69 Å². The maximum Gasteiger partial charge on any atom is 0.152 e. The summed E-state index contributed by atoms with van der Waals surface area (Å²) in [7, 11) is 0. The molecule has 108 valence electrons. The van der Waals surface area contributed by atoms with Crippen LogP contribution in [-0.4, -0.2) is 4.98 Å². The fourth-order valence-electron chi connectivity index (χ4n) is 4.12. The minimum atomic E-state index is 0.454. The van der Waals surface area contributed by atoms with E-state index in [9.17, 15) is 0 Å². The van der Waals surface area contributed by atoms with Gasteiger partial charge in [-0.15, -0.1) is 0 Å². The lowest BCUT2D eigenvalue weighted by Crippen LogP contribution is -2.17. The number of pyridine rings is 1. The molecule has 3 aliphatic rings. The molecule has 2 atom stereocenters. The van der Waals surface area contributed by atoms with Gasteiger partial charge in [-0.2, -0.15) is 0 Å². The first kappa shape index (κ1) is 12.2. The van der Waals surface area contributed by atoms with Crippen LogP contribution < -0.4 is 0 Å². The third-order valence-corrected chi connectivity index (χ3v) is 5.08. The lowest BCUT2D eigenvalue weighted by atomic mass is 9.76. The Balaban J connectivity index is 1.77. The second kappa shape index (κ2) is 4.57. The Morgan fingerprint density at radius 3 is 2.86 bits per heavy atom. The third kappa shape index (κ3) is 1.64. The summed E-state index contributed by atoms with van der Waals surface area (Å²) < 4.78 is 5.63. The molecular weight excluding hydrogens is 270 g/mol. The van der Waals surface area contributed by atoms with Gasteiger partial charge in [0, 0.05) is 11.8 Å². The molecule has 2 unspecified atom stereocenters. The van der Waals surface area contributed by atoms with E-state index in [4.69, 9.17) is 9.40 Å². The predicted molar refractivity (Wildman–Crippen MR) is 87.5 cm³/mol. The molecule has 0 N–H and O–H groups in total. The minimum Gasteiger partial charge on any atom is -0.463 e. The molecule has 0 amide bonds. The minimum absolute atomic E-state index is 0.454. The van der Waals surface area contributed by atoms with Crippen molar-refractivity contribution in [3.63, 3.8) is 0 Å². The smallest absolute Gasteiger partial charge is 0.152 e. The summed E-state index contributed by atoms with van der Waals surface area (Å²) in [5.41, 5.74) is 6.57. The molecule has 0 saturated carbocycles. The van der Waals surface area contributed by atoms with E-state index in [1.165, 1.54) is 29.5 Å². The molecule has 2 aromatic heterocycles. The van der Waals surface area contributed by atoms with E-state index in [2.05, 4.69) is 36.5 Å². The van der Waals surface area contributed by atoms with Crippen molar-refractivity contribution < 1.29 is 4.42 Å². The highest BCUT2D eigenvalue weighted by Crippen LogP contribution is 2.44. The normalized spacial score (nSPS) is 24.2. The van der Waals surface area contributed by atoms with Crippen molar-refractivity contribution >= 4 is 6.08 Å². The number of fused-ring (bicyclic) bond motifs is 5. The summed E-state index contributed by atoms with van der Waals surface area (Å²) in [5, 5.41) is 0. The average Bonchev–Trinajstić information content (AvgIpc) is 3.25. The fourth-order valence-corrected chi connectivity index (χ4v) is 4.12. The Kier molecular flexibility index (Phi) is 2.54. The van der Waals surface area contributed by atoms with Gasteiger partial charge < -0.3 is 4.42 Å². The second-order valence-electron chi connectivity index (χ2n) is 6.28. The Bertz CT molecular complexity index is 824. The average molecular weight is 287 g/mol. The maximum absolute atomic E-state index is 5.63. The van der Waals surface area contributed by atoms with Gasteiger partial charge in [-0.05, 0) is 54.2 Å². The van der Waals surface area contributed by atoms with Gasteiger partial charge in [-0.25, -0.2) is 4.98 Å². The number of nitrogens with zero attached hydrogens (tertiary/aromatic N) is 1. The van der Waals surface area contributed by atoms with E-state index in [0.29, 0.717) is 11.8 Å². The zero-order chi connectivity index (χ0) is 14.5. The van der Waals surface area contributed by atoms with Crippen LogP contribution >= 0.6 is 0 Å². The molecular formula is C20H17NO. The first-order valence-electron chi connectivity index (χ1n) is 8.04. The highest BCUT2D eigenvalue weighted by Gasteiger charge is 2.32. The zero-order valence-electron chi connectivity index (χ0n) is 12.3. The van der Waals surface area contributed by atoms with Gasteiger partial charge in [-0.3, -0.25) is 0 Å². The lowest BCUT2D eigenvalue weighted by Gasteiger charge is -2.29. The first-order chi connectivity index (χ1) is 10.9. The highest BCUT2D eigenvalue weighted by molar-refractivity contribution is 5.69. The first-order valence-corrected chi connectivity index (χ1v) is 8.04. The van der Waals surface area contributed by atoms with E-state index >= 15 is 0 Å². The van der Waals surface area contributed by atoms with Crippen LogP contribution in [0.2, 0.25) is 0 Å². The van der Waals surface area contributed by atoms with Gasteiger partial charge in [-0.1, -0.05) is 30.4 Å². The summed E-state index contributed by atoms with van der Waals surface area (Å²) in [6.07, 6.45) is 18.7. The molecule has 0 saturated heterocycles. The largest absolute Gasteiger partial charge is 0.463 e. The number of allylic oxidation sites excluding steroid dienone is 5. The topological polar surface area (TPSA) is 26.0 Å². The Morgan fingerprint density at radius 1 is 1.05 bits per heavy atom. The van der Waals surface area contributed by atoms with Crippen LogP contribution in [0, 0.1) is 5.92 Å². The van der Waals surface area contributed by atoms with E-state index in [1.807, 2.05) is 12.1 Å². The molecule has 0 bridgehead atoms. The van der Waals surface area contributed by atoms with E-state index < -0.39 is 0 Å². The van der Waals surface area contributed by atoms with Gasteiger partial charge in [0.05, 0.1) is 12.0 Å². The van der Waals surface area contributed by atoms with Crippen LogP contribution in [0.15, 0.2) is 53.2 Å². The van der Waals surface area contributed by atoms with Crippen LogP contribution in [0.1, 0.15) is 34.7 Å². The monoisotopic (exact) mass is 287 g/mol. The Morgan fingerprint density at radius 2 is 1.95 bits per heavy atom. The van der Waals surface area contributed by atoms with Crippen LogP contribution in [0.25, 0.3) is 17.5 Å². The van der Waals surface area contributed by atoms with Crippen molar-refractivity contribution in [2.45, 2.75) is 25.2 Å². The number of hydrogen-bond donors (Lipinski definition) is 0. The van der Waals surface area contributed by atoms with E-state index in [-0.39, 0.29) is 0 Å². The third-order valence-electron chi connectivity index (χ3n) is 5.08. The molecule has 5 rings (SSSR count). The summed E-state index contributed by atoms with van der Waals surface area (Å²) in [4.78, 5) is 4.98. The molecule has 2 aromatic rings. The highest BCUT2D eigenvalue weighted by atomic mass is 16.3. The fraction of sp³-hybridized carbons (Fsp3) is 0.250. The number of hydrogen-bond acceptors (Lipinski definition) is 2. The SMILES string of the molecule is C1=CC2C=Cc3nc(-c4ccco4)c4c(c3C2C=C1)CCC4. The molecule has 2 heterocycles. The van der Waals surface area contributed by atoms with Crippen molar-refractivity contribution in [3.8, 4) is 11.5 Å². The Labute approximate surface area is 129 Å². The second-order valence-corrected chi connectivity index (χ2v) is 6.28. The van der Waals surface area contributed by atoms with Gasteiger partial charge >= 0.3 is 0 Å². The molecule has 0 aromatic carbocycles. The molecule has 2 nitrogen and oxygen atoms in total. The molecule has 0 spiro atoms. The molecule has 0 fully saturated rings. The number of aromatic nitrogens is 1. The maximum atomic E-state index is 5.63. The van der Waals surface area contributed by atoms with Crippen LogP contribution in [0.5, 0.6) is 0 Å². The van der Waals surface area contributed by atoms with Crippen molar-refractivity contribution in [2.75, 3.05) is 0 Å². The molecule has 0 radical (unpaired) electrons. The van der Waals surface area contributed by atoms with Crippen LogP contribution in [-0.2, 0) is 12.8 Å². The van der Waals surface area contributed by atoms with Gasteiger partial charge in [0.25, 0.3) is 0 Å². The van der Waals surface area contributed by atoms with Crippen LogP contribution in [0.3, 0.4) is 0 Å². The van der Waals surface area contributed by atoms with Crippen molar-refractivity contribution in [3.05, 3.63) is 71.2 Å². The number of furan rings is 1. The van der Waals surface area contributed by atoms with Crippen molar-refractivity contribution in [2.24, 2.45) is 5.92 Å². The summed E-state index contributed by atoms with van der Waals surface area (Å²) in [6, 6.07) is 3.96. The van der Waals surface area contributed by atoms with Crippen molar-refractivity contribution in [1.29, 1.82) is 0 Å². The summed E-state index contributed by atoms with van der Waals surface area (Å²) in [5.74, 6) is 1.84. The summed E-state index contributed by atoms with van der Waals surface area (Å²) >= 11 is 0. The lowest BCUT2D eigenvalue weighted by molar-refractivity contribution is 0.578. The van der Waals surface area contributed by atoms with Gasteiger partial charge in [0.15, 0.2) is 5.76 Å². The molecule has 3 aliphatic carbocycles. The quantitative estimate of drug-likeness (QED) is 0.761. The summed E-state index contributed by atoms with van der Waals surface area (Å²) in [6.45, 7) is 0. The van der Waals surface area contributed by atoms with Crippen molar-refractivity contribution in [1.82, 2.24) is 4.98 Å². The molecule has 22 heavy (non-hydrogen) atoms. The zero-order valence-corrected chi connectivity index (χ0v) is 12.3. The van der Waals surface area contributed by atoms with E-state index in [1.54, 1.807) is 6.26 Å².